The molecule has 1 aliphatic rings. The van der Waals surface area contributed by atoms with Gasteiger partial charge in [-0.2, -0.15) is 0 Å². The van der Waals surface area contributed by atoms with Gasteiger partial charge in [-0.25, -0.2) is 4.79 Å². The smallest absolute Gasteiger partial charge is 0.338 e. The van der Waals surface area contributed by atoms with E-state index in [0.717, 1.165) is 24.8 Å². The molecule has 0 aliphatic heterocycles. The first kappa shape index (κ1) is 14.8. The van der Waals surface area contributed by atoms with Gasteiger partial charge in [-0.3, -0.25) is 0 Å². The van der Waals surface area contributed by atoms with Crippen molar-refractivity contribution in [3.8, 4) is 0 Å². The number of esters is 1. The quantitative estimate of drug-likeness (QED) is 0.809. The predicted molar refractivity (Wildman–Crippen MR) is 84.8 cm³/mol. The summed E-state index contributed by atoms with van der Waals surface area (Å²) in [7, 11) is 1.75. The fourth-order valence-electron chi connectivity index (χ4n) is 2.86. The van der Waals surface area contributed by atoms with E-state index in [1.165, 1.54) is 11.1 Å². The number of methoxy groups -OCH3 is 1. The first-order valence-electron chi connectivity index (χ1n) is 7.62. The lowest BCUT2D eigenvalue weighted by Crippen LogP contribution is -2.21. The van der Waals surface area contributed by atoms with Crippen LogP contribution >= 0.6 is 0 Å². The average Bonchev–Trinajstić information content (AvgIpc) is 2.59. The van der Waals surface area contributed by atoms with Crippen LogP contribution in [0.3, 0.4) is 0 Å². The highest BCUT2D eigenvalue weighted by atomic mass is 16.5. The van der Waals surface area contributed by atoms with Crippen molar-refractivity contribution in [3.05, 3.63) is 70.8 Å². The van der Waals surface area contributed by atoms with E-state index in [9.17, 15) is 4.79 Å². The van der Waals surface area contributed by atoms with E-state index in [0.29, 0.717) is 18.3 Å². The zero-order valence-electron chi connectivity index (χ0n) is 12.7. The Kier molecular flexibility index (Phi) is 4.54. The predicted octanol–water partition coefficient (Wildman–Crippen LogP) is 3.55. The van der Waals surface area contributed by atoms with Crippen molar-refractivity contribution in [1.29, 1.82) is 0 Å². The van der Waals surface area contributed by atoms with Crippen LogP contribution in [0.5, 0.6) is 0 Å². The molecule has 3 rings (SSSR count). The molecule has 0 heterocycles. The third-order valence-corrected chi connectivity index (χ3v) is 4.17. The molecule has 2 aromatic rings. The minimum atomic E-state index is -0.263. The van der Waals surface area contributed by atoms with E-state index >= 15 is 0 Å². The van der Waals surface area contributed by atoms with Gasteiger partial charge in [-0.05, 0) is 48.1 Å². The summed E-state index contributed by atoms with van der Waals surface area (Å²) in [5.41, 5.74) is 4.14. The molecule has 0 amide bonds. The SMILES string of the molecule is COC1CCc2cc(C(=O)OCc3ccccc3)ccc2C1. The molecule has 2 aromatic carbocycles. The van der Waals surface area contributed by atoms with E-state index in [2.05, 4.69) is 0 Å². The van der Waals surface area contributed by atoms with Crippen LogP contribution in [0.4, 0.5) is 0 Å². The first-order valence-corrected chi connectivity index (χ1v) is 7.62. The molecule has 1 unspecified atom stereocenters. The zero-order chi connectivity index (χ0) is 15.4. The highest BCUT2D eigenvalue weighted by Gasteiger charge is 2.19. The van der Waals surface area contributed by atoms with Gasteiger partial charge in [-0.1, -0.05) is 36.4 Å². The second kappa shape index (κ2) is 6.75. The van der Waals surface area contributed by atoms with Crippen LogP contribution in [0.2, 0.25) is 0 Å². The standard InChI is InChI=1S/C19H20O3/c1-21-18-10-9-15-11-17(8-7-16(15)12-18)19(20)22-13-14-5-3-2-4-6-14/h2-8,11,18H,9-10,12-13H2,1H3. The second-order valence-corrected chi connectivity index (χ2v) is 5.65. The van der Waals surface area contributed by atoms with Gasteiger partial charge in [-0.15, -0.1) is 0 Å². The third-order valence-electron chi connectivity index (χ3n) is 4.17. The Bertz CT molecular complexity index is 649. The minimum Gasteiger partial charge on any atom is -0.457 e. The molecule has 0 saturated heterocycles. The number of rotatable bonds is 4. The van der Waals surface area contributed by atoms with Gasteiger partial charge in [0.2, 0.25) is 0 Å². The lowest BCUT2D eigenvalue weighted by molar-refractivity contribution is 0.0472. The van der Waals surface area contributed by atoms with Crippen LogP contribution in [0.1, 0.15) is 33.5 Å². The van der Waals surface area contributed by atoms with Gasteiger partial charge in [0.15, 0.2) is 0 Å². The summed E-state index contributed by atoms with van der Waals surface area (Å²) in [5.74, 6) is -0.263. The van der Waals surface area contributed by atoms with E-state index in [4.69, 9.17) is 9.47 Å². The Morgan fingerprint density at radius 3 is 2.73 bits per heavy atom. The van der Waals surface area contributed by atoms with Crippen molar-refractivity contribution >= 4 is 5.97 Å². The summed E-state index contributed by atoms with van der Waals surface area (Å²) >= 11 is 0. The van der Waals surface area contributed by atoms with Crippen molar-refractivity contribution in [2.75, 3.05) is 7.11 Å². The Morgan fingerprint density at radius 2 is 1.95 bits per heavy atom. The molecule has 0 radical (unpaired) electrons. The van der Waals surface area contributed by atoms with Crippen LogP contribution < -0.4 is 0 Å². The van der Waals surface area contributed by atoms with Gasteiger partial charge >= 0.3 is 5.97 Å². The van der Waals surface area contributed by atoms with Gasteiger partial charge in [0.25, 0.3) is 0 Å². The monoisotopic (exact) mass is 296 g/mol. The molecule has 1 atom stereocenters. The summed E-state index contributed by atoms with van der Waals surface area (Å²) in [5, 5.41) is 0. The van der Waals surface area contributed by atoms with Crippen molar-refractivity contribution in [2.24, 2.45) is 0 Å². The fraction of sp³-hybridized carbons (Fsp3) is 0.316. The summed E-state index contributed by atoms with van der Waals surface area (Å²) < 4.78 is 10.8. The molecule has 22 heavy (non-hydrogen) atoms. The Balaban J connectivity index is 1.66. The maximum Gasteiger partial charge on any atom is 0.338 e. The van der Waals surface area contributed by atoms with Crippen LogP contribution in [-0.2, 0) is 28.9 Å². The van der Waals surface area contributed by atoms with Gasteiger partial charge in [0, 0.05) is 7.11 Å². The number of fused-ring (bicyclic) bond motifs is 1. The van der Waals surface area contributed by atoms with Crippen LogP contribution in [0.15, 0.2) is 48.5 Å². The van der Waals surface area contributed by atoms with Gasteiger partial charge in [0.05, 0.1) is 11.7 Å². The molecule has 0 aromatic heterocycles. The summed E-state index contributed by atoms with van der Waals surface area (Å²) in [4.78, 5) is 12.2. The fourth-order valence-corrected chi connectivity index (χ4v) is 2.86. The van der Waals surface area contributed by atoms with E-state index in [-0.39, 0.29) is 5.97 Å². The van der Waals surface area contributed by atoms with Crippen molar-refractivity contribution in [1.82, 2.24) is 0 Å². The molecule has 3 heteroatoms. The van der Waals surface area contributed by atoms with E-state index in [1.54, 1.807) is 7.11 Å². The Labute approximate surface area is 130 Å². The number of carbonyl (C=O) groups is 1. The summed E-state index contributed by atoms with van der Waals surface area (Å²) in [6.45, 7) is 0.308. The van der Waals surface area contributed by atoms with Crippen molar-refractivity contribution < 1.29 is 14.3 Å². The van der Waals surface area contributed by atoms with Crippen molar-refractivity contribution in [2.45, 2.75) is 32.0 Å². The molecule has 0 fully saturated rings. The highest BCUT2D eigenvalue weighted by Crippen LogP contribution is 2.24. The number of hydrogen-bond acceptors (Lipinski definition) is 3. The molecule has 0 N–H and O–H groups in total. The maximum atomic E-state index is 12.2. The highest BCUT2D eigenvalue weighted by molar-refractivity contribution is 5.89. The van der Waals surface area contributed by atoms with Crippen molar-refractivity contribution in [3.63, 3.8) is 0 Å². The van der Waals surface area contributed by atoms with E-state index in [1.807, 2.05) is 48.5 Å². The van der Waals surface area contributed by atoms with Gasteiger partial charge < -0.3 is 9.47 Å². The molecular weight excluding hydrogens is 276 g/mol. The van der Waals surface area contributed by atoms with Gasteiger partial charge in [0.1, 0.15) is 6.61 Å². The Hall–Kier alpha value is -2.13. The summed E-state index contributed by atoms with van der Waals surface area (Å²) in [6.07, 6.45) is 3.17. The molecule has 0 bridgehead atoms. The third kappa shape index (κ3) is 3.37. The molecule has 1 aliphatic carbocycles. The molecule has 114 valence electrons. The first-order chi connectivity index (χ1) is 10.8. The van der Waals surface area contributed by atoms with Crippen LogP contribution in [0, 0.1) is 0 Å². The number of carbonyl (C=O) groups excluding carboxylic acids is 1. The average molecular weight is 296 g/mol. The minimum absolute atomic E-state index is 0.263. The molecule has 0 spiro atoms. The molecule has 0 saturated carbocycles. The second-order valence-electron chi connectivity index (χ2n) is 5.65. The molecular formula is C19H20O3. The number of hydrogen-bond donors (Lipinski definition) is 0. The van der Waals surface area contributed by atoms with Crippen LogP contribution in [0.25, 0.3) is 0 Å². The largest absolute Gasteiger partial charge is 0.457 e. The number of aryl methyl sites for hydroxylation is 1. The topological polar surface area (TPSA) is 35.5 Å². The Morgan fingerprint density at radius 1 is 1.14 bits per heavy atom. The van der Waals surface area contributed by atoms with Crippen LogP contribution in [-0.4, -0.2) is 19.2 Å². The number of ether oxygens (including phenoxy) is 2. The lowest BCUT2D eigenvalue weighted by Gasteiger charge is -2.23. The molecule has 3 nitrogen and oxygen atoms in total. The normalized spacial score (nSPS) is 16.9. The number of benzene rings is 2. The zero-order valence-corrected chi connectivity index (χ0v) is 12.7. The maximum absolute atomic E-state index is 12.2. The lowest BCUT2D eigenvalue weighted by atomic mass is 9.88. The summed E-state index contributed by atoms with van der Waals surface area (Å²) in [6, 6.07) is 15.6. The van der Waals surface area contributed by atoms with E-state index < -0.39 is 0 Å².